The minimum atomic E-state index is -0.0669. The summed E-state index contributed by atoms with van der Waals surface area (Å²) in [5.74, 6) is 1.35. The fraction of sp³-hybridized carbons (Fsp3) is 0.414. The molecule has 1 amide bonds. The Hall–Kier alpha value is -3.34. The number of amides is 1. The fourth-order valence-corrected chi connectivity index (χ4v) is 6.71. The van der Waals surface area contributed by atoms with Crippen molar-refractivity contribution in [2.45, 2.75) is 45.4 Å². The van der Waals surface area contributed by atoms with E-state index in [0.29, 0.717) is 24.1 Å². The molecule has 0 aliphatic carbocycles. The van der Waals surface area contributed by atoms with E-state index in [1.165, 1.54) is 36.2 Å². The topological polar surface area (TPSA) is 84.2 Å². The van der Waals surface area contributed by atoms with Gasteiger partial charge in [-0.15, -0.1) is 11.3 Å². The molecule has 2 saturated heterocycles. The molecule has 2 N–H and O–H groups in total. The first-order valence-electron chi connectivity index (χ1n) is 13.6. The molecule has 1 aromatic carbocycles. The molecule has 3 aromatic heterocycles. The van der Waals surface area contributed by atoms with Crippen LogP contribution in [-0.4, -0.2) is 66.7 Å². The number of thiophene rings is 1. The second-order valence-corrected chi connectivity index (χ2v) is 11.9. The van der Waals surface area contributed by atoms with Crippen molar-refractivity contribution < 1.29 is 9.18 Å². The number of hydrogen-bond acceptors (Lipinski definition) is 6. The number of hydrogen-bond donors (Lipinski definition) is 2. The molecule has 2 aliphatic heterocycles. The first kappa shape index (κ1) is 25.9. The number of piperidine rings is 1. The van der Waals surface area contributed by atoms with Crippen molar-refractivity contribution in [2.24, 2.45) is 5.41 Å². The van der Waals surface area contributed by atoms with Gasteiger partial charge in [0.05, 0.1) is 18.0 Å². The molecule has 1 spiro atoms. The maximum Gasteiger partial charge on any atom is 0.254 e. The van der Waals surface area contributed by atoms with E-state index >= 15 is 0 Å². The van der Waals surface area contributed by atoms with Crippen molar-refractivity contribution >= 4 is 17.2 Å². The number of H-pyrrole nitrogens is 2. The first-order valence-corrected chi connectivity index (χ1v) is 14.4. The second kappa shape index (κ2) is 11.4. The molecule has 0 radical (unpaired) electrons. The Morgan fingerprint density at radius 1 is 0.923 bits per heavy atom. The maximum atomic E-state index is 13.9. The predicted octanol–water partition coefficient (Wildman–Crippen LogP) is 4.66. The number of carbonyl (C=O) groups is 1. The van der Waals surface area contributed by atoms with Gasteiger partial charge < -0.3 is 14.9 Å². The van der Waals surface area contributed by atoms with Crippen molar-refractivity contribution in [1.82, 2.24) is 34.6 Å². The van der Waals surface area contributed by atoms with Gasteiger partial charge in [0.15, 0.2) is 0 Å². The summed E-state index contributed by atoms with van der Waals surface area (Å²) in [7, 11) is 0. The number of carbonyl (C=O) groups excluding carboxylic acids is 1. The SMILES string of the molecule is O=C(c1ccc(CN2CCC3(CCN(Cc4sccc4F)CC3)C2)cc1)N(Cc1ncc[nH]1)Cc1ncc[nH]1. The summed E-state index contributed by atoms with van der Waals surface area (Å²) >= 11 is 1.52. The number of rotatable bonds is 9. The average molecular weight is 548 g/mol. The summed E-state index contributed by atoms with van der Waals surface area (Å²) in [5.41, 5.74) is 2.25. The van der Waals surface area contributed by atoms with E-state index < -0.39 is 0 Å². The van der Waals surface area contributed by atoms with Crippen molar-refractivity contribution in [3.05, 3.63) is 94.0 Å². The van der Waals surface area contributed by atoms with Crippen LogP contribution in [0, 0.1) is 11.2 Å². The number of aromatic amines is 2. The van der Waals surface area contributed by atoms with Crippen LogP contribution in [0.5, 0.6) is 0 Å². The fourth-order valence-electron chi connectivity index (χ4n) is 5.92. The van der Waals surface area contributed by atoms with Gasteiger partial charge in [0.25, 0.3) is 5.91 Å². The average Bonchev–Trinajstić information content (AvgIpc) is 3.77. The van der Waals surface area contributed by atoms with E-state index in [4.69, 9.17) is 0 Å². The summed E-state index contributed by atoms with van der Waals surface area (Å²) in [6.07, 6.45) is 10.5. The number of likely N-dealkylation sites (tertiary alicyclic amines) is 2. The second-order valence-electron chi connectivity index (χ2n) is 10.9. The third-order valence-electron chi connectivity index (χ3n) is 8.18. The van der Waals surface area contributed by atoms with Gasteiger partial charge in [-0.3, -0.25) is 14.6 Å². The normalized spacial score (nSPS) is 17.7. The van der Waals surface area contributed by atoms with Gasteiger partial charge in [-0.1, -0.05) is 12.1 Å². The Morgan fingerprint density at radius 3 is 2.13 bits per heavy atom. The van der Waals surface area contributed by atoms with Crippen LogP contribution in [0.1, 0.15) is 51.7 Å². The summed E-state index contributed by atoms with van der Waals surface area (Å²) in [6, 6.07) is 9.59. The third kappa shape index (κ3) is 6.13. The quantitative estimate of drug-likeness (QED) is 0.318. The van der Waals surface area contributed by atoms with Crippen molar-refractivity contribution in [3.8, 4) is 0 Å². The molecule has 204 valence electrons. The van der Waals surface area contributed by atoms with Crippen LogP contribution in [-0.2, 0) is 26.2 Å². The lowest BCUT2D eigenvalue weighted by Gasteiger charge is -2.39. The number of halogens is 1. The smallest absolute Gasteiger partial charge is 0.254 e. The molecule has 2 aliphatic rings. The van der Waals surface area contributed by atoms with Gasteiger partial charge in [-0.05, 0) is 73.5 Å². The highest BCUT2D eigenvalue weighted by Gasteiger charge is 2.40. The van der Waals surface area contributed by atoms with E-state index in [0.717, 1.165) is 55.8 Å². The Labute approximate surface area is 231 Å². The van der Waals surface area contributed by atoms with Crippen LogP contribution in [0.15, 0.2) is 60.5 Å². The molecule has 0 bridgehead atoms. The summed E-state index contributed by atoms with van der Waals surface area (Å²) in [6.45, 7) is 6.66. The highest BCUT2D eigenvalue weighted by molar-refractivity contribution is 7.09. The minimum Gasteiger partial charge on any atom is -0.347 e. The molecular weight excluding hydrogens is 513 g/mol. The van der Waals surface area contributed by atoms with Crippen LogP contribution in [0.2, 0.25) is 0 Å². The Kier molecular flexibility index (Phi) is 7.58. The lowest BCUT2D eigenvalue weighted by molar-refractivity contribution is 0.0721. The van der Waals surface area contributed by atoms with Crippen molar-refractivity contribution in [2.75, 3.05) is 26.2 Å². The van der Waals surface area contributed by atoms with E-state index in [1.807, 2.05) is 17.5 Å². The van der Waals surface area contributed by atoms with Gasteiger partial charge in [0.1, 0.15) is 17.5 Å². The monoisotopic (exact) mass is 547 g/mol. The molecular formula is C29H34FN7OS. The Balaban J connectivity index is 1.03. The molecule has 8 nitrogen and oxygen atoms in total. The Bertz CT molecular complexity index is 1310. The summed E-state index contributed by atoms with van der Waals surface area (Å²) < 4.78 is 13.9. The Morgan fingerprint density at radius 2 is 1.56 bits per heavy atom. The number of imidazole rings is 2. The summed E-state index contributed by atoms with van der Waals surface area (Å²) in [5, 5.41) is 1.84. The lowest BCUT2D eigenvalue weighted by Crippen LogP contribution is -2.41. The van der Waals surface area contributed by atoms with E-state index in [9.17, 15) is 9.18 Å². The van der Waals surface area contributed by atoms with E-state index in [1.54, 1.807) is 35.8 Å². The number of nitrogens with one attached hydrogen (secondary N) is 2. The molecule has 5 heterocycles. The van der Waals surface area contributed by atoms with Gasteiger partial charge in [-0.2, -0.15) is 0 Å². The molecule has 6 rings (SSSR count). The predicted molar refractivity (Wildman–Crippen MR) is 148 cm³/mol. The zero-order valence-corrected chi connectivity index (χ0v) is 22.8. The first-order chi connectivity index (χ1) is 19.1. The number of nitrogens with zero attached hydrogens (tertiary/aromatic N) is 5. The zero-order valence-electron chi connectivity index (χ0n) is 22.0. The molecule has 0 unspecified atom stereocenters. The zero-order chi connectivity index (χ0) is 26.7. The molecule has 0 saturated carbocycles. The summed E-state index contributed by atoms with van der Waals surface area (Å²) in [4.78, 5) is 35.7. The van der Waals surface area contributed by atoms with Gasteiger partial charge in [-0.25, -0.2) is 14.4 Å². The van der Waals surface area contributed by atoms with Crippen LogP contribution in [0.3, 0.4) is 0 Å². The molecule has 4 aromatic rings. The largest absolute Gasteiger partial charge is 0.347 e. The third-order valence-corrected chi connectivity index (χ3v) is 9.06. The molecule has 39 heavy (non-hydrogen) atoms. The maximum absolute atomic E-state index is 13.9. The lowest BCUT2D eigenvalue weighted by atomic mass is 9.78. The van der Waals surface area contributed by atoms with Gasteiger partial charge in [0.2, 0.25) is 0 Å². The van der Waals surface area contributed by atoms with Crippen LogP contribution in [0.4, 0.5) is 4.39 Å². The van der Waals surface area contributed by atoms with Crippen LogP contribution >= 0.6 is 11.3 Å². The van der Waals surface area contributed by atoms with E-state index in [-0.39, 0.29) is 11.7 Å². The van der Waals surface area contributed by atoms with Crippen LogP contribution in [0.25, 0.3) is 0 Å². The molecule has 10 heteroatoms. The number of aromatic nitrogens is 4. The number of benzene rings is 1. The van der Waals surface area contributed by atoms with E-state index in [2.05, 4.69) is 41.9 Å². The minimum absolute atomic E-state index is 0.0522. The van der Waals surface area contributed by atoms with Crippen molar-refractivity contribution in [3.63, 3.8) is 0 Å². The molecule has 2 fully saturated rings. The van der Waals surface area contributed by atoms with Gasteiger partial charge in [0, 0.05) is 50.0 Å². The highest BCUT2D eigenvalue weighted by atomic mass is 32.1. The standard InChI is InChI=1S/C29H34FN7OS/c30-24-5-16-39-25(24)18-35-13-6-29(7-14-35)8-15-36(21-29)17-22-1-3-23(4-2-22)28(38)37(19-26-31-9-10-32-26)20-27-33-11-12-34-27/h1-5,9-12,16H,6-8,13-15,17-21H2,(H,31,32)(H,33,34). The van der Waals surface area contributed by atoms with Crippen LogP contribution < -0.4 is 0 Å². The molecule has 0 atom stereocenters. The van der Waals surface area contributed by atoms with Crippen molar-refractivity contribution in [1.29, 1.82) is 0 Å². The van der Waals surface area contributed by atoms with Gasteiger partial charge >= 0.3 is 0 Å². The highest BCUT2D eigenvalue weighted by Crippen LogP contribution is 2.41.